The van der Waals surface area contributed by atoms with E-state index in [1.165, 1.54) is 22.3 Å². The van der Waals surface area contributed by atoms with Gasteiger partial charge in [0.1, 0.15) is 5.82 Å². The number of nitrogens with zero attached hydrogens (tertiary/aromatic N) is 1. The van der Waals surface area contributed by atoms with Gasteiger partial charge in [0.05, 0.1) is 11.0 Å². The number of aromatic amines is 1. The summed E-state index contributed by atoms with van der Waals surface area (Å²) in [4.78, 5) is 19.5. The standard InChI is InChI=1S/C21H15N3O/c22-20(25)14-8-9-17-18(11-14)24-21(23-17)16-7-3-5-13-10-12-4-1-2-6-15(12)19(13)16/h1-9,11H,10H2,(H2,22,25)(H,23,24). The van der Waals surface area contributed by atoms with Gasteiger partial charge in [-0.25, -0.2) is 4.98 Å². The Labute approximate surface area is 144 Å². The van der Waals surface area contributed by atoms with Crippen molar-refractivity contribution < 1.29 is 4.79 Å². The van der Waals surface area contributed by atoms with Crippen LogP contribution in [-0.4, -0.2) is 15.9 Å². The van der Waals surface area contributed by atoms with Crippen molar-refractivity contribution in [3.63, 3.8) is 0 Å². The minimum atomic E-state index is -0.437. The van der Waals surface area contributed by atoms with Gasteiger partial charge in [0, 0.05) is 11.1 Å². The summed E-state index contributed by atoms with van der Waals surface area (Å²) in [5.41, 5.74) is 13.7. The van der Waals surface area contributed by atoms with Gasteiger partial charge in [-0.3, -0.25) is 4.79 Å². The monoisotopic (exact) mass is 325 g/mol. The molecule has 0 aliphatic heterocycles. The minimum Gasteiger partial charge on any atom is -0.366 e. The summed E-state index contributed by atoms with van der Waals surface area (Å²) < 4.78 is 0. The number of hydrogen-bond acceptors (Lipinski definition) is 2. The Morgan fingerprint density at radius 2 is 1.76 bits per heavy atom. The van der Waals surface area contributed by atoms with Crippen LogP contribution < -0.4 is 5.73 Å². The highest BCUT2D eigenvalue weighted by molar-refractivity contribution is 5.97. The number of primary amides is 1. The third kappa shape index (κ3) is 2.08. The van der Waals surface area contributed by atoms with Crippen molar-refractivity contribution in [1.29, 1.82) is 0 Å². The van der Waals surface area contributed by atoms with E-state index < -0.39 is 5.91 Å². The van der Waals surface area contributed by atoms with E-state index in [2.05, 4.69) is 47.4 Å². The lowest BCUT2D eigenvalue weighted by Crippen LogP contribution is -2.10. The number of aromatic nitrogens is 2. The van der Waals surface area contributed by atoms with Crippen LogP contribution in [0.15, 0.2) is 60.7 Å². The predicted octanol–water partition coefficient (Wildman–Crippen LogP) is 3.90. The molecular weight excluding hydrogens is 310 g/mol. The fraction of sp³-hybridized carbons (Fsp3) is 0.0476. The molecule has 0 saturated carbocycles. The molecule has 0 atom stereocenters. The molecule has 0 saturated heterocycles. The van der Waals surface area contributed by atoms with E-state index in [4.69, 9.17) is 10.7 Å². The first-order valence-corrected chi connectivity index (χ1v) is 8.21. The van der Waals surface area contributed by atoms with Gasteiger partial charge in [0.25, 0.3) is 0 Å². The van der Waals surface area contributed by atoms with Gasteiger partial charge in [-0.1, -0.05) is 42.5 Å². The van der Waals surface area contributed by atoms with Crippen molar-refractivity contribution in [2.45, 2.75) is 6.42 Å². The molecule has 120 valence electrons. The van der Waals surface area contributed by atoms with E-state index >= 15 is 0 Å². The summed E-state index contributed by atoms with van der Waals surface area (Å²) in [5, 5.41) is 0. The predicted molar refractivity (Wildman–Crippen MR) is 98.3 cm³/mol. The number of fused-ring (bicyclic) bond motifs is 4. The second kappa shape index (κ2) is 5.05. The Balaban J connectivity index is 1.72. The fourth-order valence-corrected chi connectivity index (χ4v) is 3.68. The Kier molecular flexibility index (Phi) is 2.82. The van der Waals surface area contributed by atoms with Crippen LogP contribution in [0.25, 0.3) is 33.5 Å². The summed E-state index contributed by atoms with van der Waals surface area (Å²) in [6, 6.07) is 20.1. The molecule has 4 aromatic rings. The maximum Gasteiger partial charge on any atom is 0.248 e. The number of rotatable bonds is 2. The maximum absolute atomic E-state index is 11.4. The van der Waals surface area contributed by atoms with Crippen LogP contribution in [0.2, 0.25) is 0 Å². The molecule has 0 radical (unpaired) electrons. The zero-order chi connectivity index (χ0) is 17.0. The van der Waals surface area contributed by atoms with Crippen molar-refractivity contribution in [2.75, 3.05) is 0 Å². The lowest BCUT2D eigenvalue weighted by Gasteiger charge is -2.07. The zero-order valence-corrected chi connectivity index (χ0v) is 13.4. The Morgan fingerprint density at radius 3 is 2.64 bits per heavy atom. The van der Waals surface area contributed by atoms with Crippen LogP contribution in [0.3, 0.4) is 0 Å². The number of nitrogens with one attached hydrogen (secondary N) is 1. The van der Waals surface area contributed by atoms with E-state index in [1.54, 1.807) is 12.1 Å². The number of hydrogen-bond donors (Lipinski definition) is 2. The van der Waals surface area contributed by atoms with E-state index in [-0.39, 0.29) is 0 Å². The van der Waals surface area contributed by atoms with Crippen molar-refractivity contribution >= 4 is 16.9 Å². The topological polar surface area (TPSA) is 71.8 Å². The van der Waals surface area contributed by atoms with Crippen molar-refractivity contribution in [1.82, 2.24) is 9.97 Å². The van der Waals surface area contributed by atoms with Crippen LogP contribution in [0.1, 0.15) is 21.5 Å². The number of carbonyl (C=O) groups is 1. The van der Waals surface area contributed by atoms with E-state index in [0.717, 1.165) is 28.8 Å². The molecule has 3 aromatic carbocycles. The molecule has 1 heterocycles. The molecule has 3 N–H and O–H groups in total. The van der Waals surface area contributed by atoms with Crippen molar-refractivity contribution in [3.05, 3.63) is 77.4 Å². The summed E-state index contributed by atoms with van der Waals surface area (Å²) in [6.07, 6.45) is 0.950. The second-order valence-corrected chi connectivity index (χ2v) is 6.36. The number of amides is 1. The highest BCUT2D eigenvalue weighted by Crippen LogP contribution is 2.42. The van der Waals surface area contributed by atoms with Gasteiger partial charge < -0.3 is 10.7 Å². The number of H-pyrrole nitrogens is 1. The van der Waals surface area contributed by atoms with Crippen molar-refractivity contribution in [2.24, 2.45) is 5.73 Å². The Morgan fingerprint density at radius 1 is 0.960 bits per heavy atom. The third-order valence-corrected chi connectivity index (χ3v) is 4.84. The average molecular weight is 325 g/mol. The molecule has 1 aromatic heterocycles. The van der Waals surface area contributed by atoms with E-state index in [9.17, 15) is 4.79 Å². The molecule has 1 aliphatic rings. The van der Waals surface area contributed by atoms with Gasteiger partial charge in [-0.05, 0) is 46.9 Å². The summed E-state index contributed by atoms with van der Waals surface area (Å²) in [6.45, 7) is 0. The summed E-state index contributed by atoms with van der Waals surface area (Å²) >= 11 is 0. The summed E-state index contributed by atoms with van der Waals surface area (Å²) in [7, 11) is 0. The minimum absolute atomic E-state index is 0.437. The fourth-order valence-electron chi connectivity index (χ4n) is 3.68. The number of carbonyl (C=O) groups excluding carboxylic acids is 1. The zero-order valence-electron chi connectivity index (χ0n) is 13.4. The quantitative estimate of drug-likeness (QED) is 0.517. The van der Waals surface area contributed by atoms with Gasteiger partial charge in [-0.2, -0.15) is 0 Å². The molecule has 25 heavy (non-hydrogen) atoms. The smallest absolute Gasteiger partial charge is 0.248 e. The SMILES string of the molecule is NC(=O)c1ccc2nc(-c3cccc4c3-c3ccccc3C4)[nH]c2c1. The molecule has 0 fully saturated rings. The van der Waals surface area contributed by atoms with Gasteiger partial charge >= 0.3 is 0 Å². The van der Waals surface area contributed by atoms with E-state index in [0.29, 0.717) is 5.56 Å². The molecule has 4 heteroatoms. The van der Waals surface area contributed by atoms with Crippen LogP contribution in [0, 0.1) is 0 Å². The number of imidazole rings is 1. The molecule has 1 amide bonds. The first-order chi connectivity index (χ1) is 12.2. The molecule has 0 spiro atoms. The largest absolute Gasteiger partial charge is 0.366 e. The highest BCUT2D eigenvalue weighted by atomic mass is 16.1. The average Bonchev–Trinajstić information content (AvgIpc) is 3.21. The molecule has 0 unspecified atom stereocenters. The lowest BCUT2D eigenvalue weighted by molar-refractivity contribution is 0.100. The third-order valence-electron chi connectivity index (χ3n) is 4.84. The number of nitrogens with two attached hydrogens (primary N) is 1. The number of benzene rings is 3. The van der Waals surface area contributed by atoms with Gasteiger partial charge in [0.15, 0.2) is 0 Å². The highest BCUT2D eigenvalue weighted by Gasteiger charge is 2.22. The van der Waals surface area contributed by atoms with Crippen LogP contribution in [0.4, 0.5) is 0 Å². The Bertz CT molecular complexity index is 1160. The molecule has 5 rings (SSSR count). The first kappa shape index (κ1) is 14.0. The first-order valence-electron chi connectivity index (χ1n) is 8.21. The summed E-state index contributed by atoms with van der Waals surface area (Å²) in [5.74, 6) is 0.373. The van der Waals surface area contributed by atoms with E-state index in [1.807, 2.05) is 6.07 Å². The van der Waals surface area contributed by atoms with Crippen LogP contribution in [-0.2, 0) is 6.42 Å². The van der Waals surface area contributed by atoms with Crippen LogP contribution in [0.5, 0.6) is 0 Å². The lowest BCUT2D eigenvalue weighted by atomic mass is 9.99. The van der Waals surface area contributed by atoms with Gasteiger partial charge in [-0.15, -0.1) is 0 Å². The maximum atomic E-state index is 11.4. The Hall–Kier alpha value is -3.40. The van der Waals surface area contributed by atoms with Gasteiger partial charge in [0.2, 0.25) is 5.91 Å². The van der Waals surface area contributed by atoms with Crippen LogP contribution >= 0.6 is 0 Å². The molecule has 4 nitrogen and oxygen atoms in total. The molecule has 0 bridgehead atoms. The molecular formula is C21H15N3O. The molecule has 1 aliphatic carbocycles. The van der Waals surface area contributed by atoms with Crippen molar-refractivity contribution in [3.8, 4) is 22.5 Å². The normalized spacial score (nSPS) is 12.2. The second-order valence-electron chi connectivity index (χ2n) is 6.36.